The number of halogens is 2. The van der Waals surface area contributed by atoms with Gasteiger partial charge in [0.15, 0.2) is 5.96 Å². The predicted molar refractivity (Wildman–Crippen MR) is 109 cm³/mol. The Bertz CT molecular complexity index is 694. The summed E-state index contributed by atoms with van der Waals surface area (Å²) in [6.45, 7) is 2.73. The SMILES string of the molecule is Cc1ccc(NC(N)=NCC2(c3ccccc3Cl)CC2)cc1.I. The molecule has 0 radical (unpaired) electrons. The van der Waals surface area contributed by atoms with E-state index in [-0.39, 0.29) is 29.4 Å². The summed E-state index contributed by atoms with van der Waals surface area (Å²) in [4.78, 5) is 4.52. The van der Waals surface area contributed by atoms with Gasteiger partial charge in [-0.1, -0.05) is 47.5 Å². The highest BCUT2D eigenvalue weighted by Gasteiger charge is 2.45. The van der Waals surface area contributed by atoms with E-state index < -0.39 is 0 Å². The van der Waals surface area contributed by atoms with Crippen LogP contribution in [0.15, 0.2) is 53.5 Å². The summed E-state index contributed by atoms with van der Waals surface area (Å²) in [6, 6.07) is 16.1. The minimum absolute atomic E-state index is 0. The molecule has 0 aliphatic heterocycles. The summed E-state index contributed by atoms with van der Waals surface area (Å²) >= 11 is 6.31. The standard InChI is InChI=1S/C18H20ClN3.HI/c1-13-6-8-14(9-7-13)22-17(20)21-12-18(10-11-18)15-4-2-3-5-16(15)19;/h2-9H,10-12H2,1H3,(H3,20,21,22);1H. The summed E-state index contributed by atoms with van der Waals surface area (Å²) in [7, 11) is 0. The van der Waals surface area contributed by atoms with Crippen LogP contribution in [0.3, 0.4) is 0 Å². The quantitative estimate of drug-likeness (QED) is 0.410. The van der Waals surface area contributed by atoms with Crippen LogP contribution in [0.25, 0.3) is 0 Å². The first-order chi connectivity index (χ1) is 10.6. The van der Waals surface area contributed by atoms with Crippen LogP contribution in [-0.2, 0) is 5.41 Å². The highest BCUT2D eigenvalue weighted by atomic mass is 127. The van der Waals surface area contributed by atoms with Gasteiger partial charge in [-0.05, 0) is 43.5 Å². The molecule has 0 spiro atoms. The molecule has 3 N–H and O–H groups in total. The molecular weight excluding hydrogens is 421 g/mol. The maximum atomic E-state index is 6.31. The third-order valence-electron chi connectivity index (χ3n) is 4.17. The molecule has 0 amide bonds. The molecular formula is C18H21ClIN3. The monoisotopic (exact) mass is 441 g/mol. The Morgan fingerprint density at radius 2 is 1.83 bits per heavy atom. The summed E-state index contributed by atoms with van der Waals surface area (Å²) in [5.41, 5.74) is 9.42. The van der Waals surface area contributed by atoms with Crippen molar-refractivity contribution >= 4 is 47.2 Å². The fourth-order valence-corrected chi connectivity index (χ4v) is 2.95. The Morgan fingerprint density at radius 1 is 1.17 bits per heavy atom. The van der Waals surface area contributed by atoms with Crippen LogP contribution in [0.5, 0.6) is 0 Å². The van der Waals surface area contributed by atoms with E-state index in [9.17, 15) is 0 Å². The van der Waals surface area contributed by atoms with Gasteiger partial charge in [-0.3, -0.25) is 4.99 Å². The first-order valence-corrected chi connectivity index (χ1v) is 7.85. The molecule has 5 heteroatoms. The van der Waals surface area contributed by atoms with Crippen LogP contribution in [0.1, 0.15) is 24.0 Å². The molecule has 2 aromatic carbocycles. The van der Waals surface area contributed by atoms with Gasteiger partial charge in [0.25, 0.3) is 0 Å². The van der Waals surface area contributed by atoms with E-state index in [1.807, 2.05) is 42.5 Å². The molecule has 2 aromatic rings. The van der Waals surface area contributed by atoms with E-state index in [0.717, 1.165) is 23.6 Å². The number of guanidine groups is 1. The first kappa shape index (κ1) is 18.1. The van der Waals surface area contributed by atoms with E-state index in [1.54, 1.807) is 0 Å². The first-order valence-electron chi connectivity index (χ1n) is 7.48. The molecule has 1 aliphatic carbocycles. The minimum Gasteiger partial charge on any atom is -0.370 e. The van der Waals surface area contributed by atoms with Crippen LogP contribution in [0.2, 0.25) is 5.02 Å². The molecule has 0 atom stereocenters. The lowest BCUT2D eigenvalue weighted by molar-refractivity contribution is 0.706. The van der Waals surface area contributed by atoms with Crippen LogP contribution in [0, 0.1) is 6.92 Å². The molecule has 0 heterocycles. The average Bonchev–Trinajstić information content (AvgIpc) is 3.29. The van der Waals surface area contributed by atoms with E-state index in [4.69, 9.17) is 17.3 Å². The van der Waals surface area contributed by atoms with Gasteiger partial charge >= 0.3 is 0 Å². The smallest absolute Gasteiger partial charge is 0.193 e. The van der Waals surface area contributed by atoms with Gasteiger partial charge in [-0.2, -0.15) is 0 Å². The van der Waals surface area contributed by atoms with Gasteiger partial charge in [0, 0.05) is 16.1 Å². The predicted octanol–water partition coefficient (Wildman–Crippen LogP) is 4.72. The van der Waals surface area contributed by atoms with E-state index in [1.165, 1.54) is 11.1 Å². The van der Waals surface area contributed by atoms with Crippen molar-refractivity contribution in [3.63, 3.8) is 0 Å². The van der Waals surface area contributed by atoms with Crippen LogP contribution < -0.4 is 11.1 Å². The van der Waals surface area contributed by atoms with E-state index in [2.05, 4.69) is 23.3 Å². The fraction of sp³-hybridized carbons (Fsp3) is 0.278. The Hall–Kier alpha value is -1.27. The summed E-state index contributed by atoms with van der Waals surface area (Å²) < 4.78 is 0. The number of benzene rings is 2. The molecule has 1 aliphatic rings. The van der Waals surface area contributed by atoms with Crippen LogP contribution in [-0.4, -0.2) is 12.5 Å². The second-order valence-electron chi connectivity index (χ2n) is 5.95. The Balaban J connectivity index is 0.00000192. The van der Waals surface area contributed by atoms with Crippen molar-refractivity contribution in [2.24, 2.45) is 10.7 Å². The van der Waals surface area contributed by atoms with Crippen molar-refractivity contribution in [1.82, 2.24) is 0 Å². The average molecular weight is 442 g/mol. The maximum Gasteiger partial charge on any atom is 0.193 e. The Morgan fingerprint density at radius 3 is 2.43 bits per heavy atom. The summed E-state index contributed by atoms with van der Waals surface area (Å²) in [5.74, 6) is 0.446. The Labute approximate surface area is 159 Å². The van der Waals surface area contributed by atoms with Crippen molar-refractivity contribution < 1.29 is 0 Å². The zero-order valence-corrected chi connectivity index (χ0v) is 16.1. The van der Waals surface area contributed by atoms with Gasteiger partial charge in [-0.25, -0.2) is 0 Å². The molecule has 0 unspecified atom stereocenters. The molecule has 23 heavy (non-hydrogen) atoms. The number of nitrogens with two attached hydrogens (primary N) is 1. The number of rotatable bonds is 4. The van der Waals surface area contributed by atoms with Crippen LogP contribution in [0.4, 0.5) is 5.69 Å². The Kier molecular flexibility index (Phi) is 5.92. The number of nitrogens with one attached hydrogen (secondary N) is 1. The lowest BCUT2D eigenvalue weighted by atomic mass is 9.96. The second-order valence-corrected chi connectivity index (χ2v) is 6.36. The number of anilines is 1. The molecule has 122 valence electrons. The highest BCUT2D eigenvalue weighted by Crippen LogP contribution is 2.50. The van der Waals surface area contributed by atoms with Gasteiger partial charge in [0.1, 0.15) is 0 Å². The molecule has 3 nitrogen and oxygen atoms in total. The number of hydrogen-bond donors (Lipinski definition) is 2. The summed E-state index contributed by atoms with van der Waals surface area (Å²) in [5, 5.41) is 3.95. The molecule has 3 rings (SSSR count). The van der Waals surface area contributed by atoms with Crippen molar-refractivity contribution in [2.75, 3.05) is 11.9 Å². The van der Waals surface area contributed by atoms with E-state index in [0.29, 0.717) is 12.5 Å². The lowest BCUT2D eigenvalue weighted by Crippen LogP contribution is -2.25. The van der Waals surface area contributed by atoms with Gasteiger partial charge in [0.2, 0.25) is 0 Å². The highest BCUT2D eigenvalue weighted by molar-refractivity contribution is 14.0. The number of hydrogen-bond acceptors (Lipinski definition) is 1. The van der Waals surface area contributed by atoms with Crippen molar-refractivity contribution in [2.45, 2.75) is 25.2 Å². The normalized spacial score (nSPS) is 15.7. The molecule has 1 fully saturated rings. The van der Waals surface area contributed by atoms with Gasteiger partial charge in [0.05, 0.1) is 6.54 Å². The van der Waals surface area contributed by atoms with Crippen LogP contribution >= 0.6 is 35.6 Å². The summed E-state index contributed by atoms with van der Waals surface area (Å²) in [6.07, 6.45) is 2.22. The maximum absolute atomic E-state index is 6.31. The van der Waals surface area contributed by atoms with Gasteiger partial charge < -0.3 is 11.1 Å². The topological polar surface area (TPSA) is 50.4 Å². The van der Waals surface area contributed by atoms with Crippen molar-refractivity contribution in [1.29, 1.82) is 0 Å². The number of nitrogens with zero attached hydrogens (tertiary/aromatic N) is 1. The second kappa shape index (κ2) is 7.53. The zero-order chi connectivity index (χ0) is 15.6. The van der Waals surface area contributed by atoms with E-state index >= 15 is 0 Å². The number of aryl methyl sites for hydroxylation is 1. The van der Waals surface area contributed by atoms with Crippen molar-refractivity contribution in [3.05, 3.63) is 64.7 Å². The fourth-order valence-electron chi connectivity index (χ4n) is 2.62. The molecule has 0 saturated heterocycles. The van der Waals surface area contributed by atoms with Crippen molar-refractivity contribution in [3.8, 4) is 0 Å². The minimum atomic E-state index is 0. The third-order valence-corrected chi connectivity index (χ3v) is 4.50. The van der Waals surface area contributed by atoms with Gasteiger partial charge in [-0.15, -0.1) is 24.0 Å². The number of aliphatic imine (C=N–C) groups is 1. The molecule has 1 saturated carbocycles. The largest absolute Gasteiger partial charge is 0.370 e. The molecule has 0 aromatic heterocycles. The molecule has 0 bridgehead atoms. The third kappa shape index (κ3) is 4.38. The lowest BCUT2D eigenvalue weighted by Gasteiger charge is -2.15. The zero-order valence-electron chi connectivity index (χ0n) is 13.1.